The van der Waals surface area contributed by atoms with Crippen molar-refractivity contribution in [2.75, 3.05) is 18.9 Å². The highest BCUT2D eigenvalue weighted by atomic mass is 35.5. The SMILES string of the molecule is CCOC(=O)c1ccc(OCC(F)(F)F)c(N)c1Cl. The molecule has 0 saturated carbocycles. The Balaban J connectivity index is 2.95. The summed E-state index contributed by atoms with van der Waals surface area (Å²) in [5, 5.41) is -0.196. The van der Waals surface area contributed by atoms with Crippen LogP contribution in [0, 0.1) is 0 Å². The van der Waals surface area contributed by atoms with E-state index in [4.69, 9.17) is 22.1 Å². The molecule has 1 aromatic rings. The van der Waals surface area contributed by atoms with Crippen LogP contribution in [-0.4, -0.2) is 25.4 Å². The third-order valence-electron chi connectivity index (χ3n) is 2.03. The molecule has 0 radical (unpaired) electrons. The Morgan fingerprint density at radius 2 is 2.05 bits per heavy atom. The van der Waals surface area contributed by atoms with Crippen molar-refractivity contribution in [1.29, 1.82) is 0 Å². The van der Waals surface area contributed by atoms with Crippen LogP contribution in [0.5, 0.6) is 5.75 Å². The quantitative estimate of drug-likeness (QED) is 0.685. The van der Waals surface area contributed by atoms with Crippen molar-refractivity contribution in [2.45, 2.75) is 13.1 Å². The lowest BCUT2D eigenvalue weighted by Gasteiger charge is -2.13. The van der Waals surface area contributed by atoms with E-state index in [1.165, 1.54) is 6.07 Å². The standard InChI is InChI=1S/C11H11ClF3NO3/c1-2-18-10(17)6-3-4-7(9(16)8(6)12)19-5-11(13,14)15/h3-4H,2,5,16H2,1H3. The van der Waals surface area contributed by atoms with Crippen LogP contribution in [-0.2, 0) is 4.74 Å². The minimum atomic E-state index is -4.49. The molecule has 0 saturated heterocycles. The molecule has 0 fully saturated rings. The summed E-state index contributed by atoms with van der Waals surface area (Å²) in [6, 6.07) is 2.33. The number of rotatable bonds is 4. The summed E-state index contributed by atoms with van der Waals surface area (Å²) in [6.45, 7) is 0.254. The smallest absolute Gasteiger partial charge is 0.422 e. The average Bonchev–Trinajstić information content (AvgIpc) is 2.30. The lowest BCUT2D eigenvalue weighted by atomic mass is 10.2. The summed E-state index contributed by atoms with van der Waals surface area (Å²) in [7, 11) is 0. The molecule has 1 rings (SSSR count). The van der Waals surface area contributed by atoms with Crippen molar-refractivity contribution in [2.24, 2.45) is 0 Å². The second-order valence-electron chi connectivity index (χ2n) is 3.46. The highest BCUT2D eigenvalue weighted by molar-refractivity contribution is 6.36. The third-order valence-corrected chi connectivity index (χ3v) is 2.43. The van der Waals surface area contributed by atoms with E-state index in [1.54, 1.807) is 6.92 Å². The van der Waals surface area contributed by atoms with Crippen molar-refractivity contribution in [3.05, 3.63) is 22.7 Å². The molecule has 0 bridgehead atoms. The van der Waals surface area contributed by atoms with Crippen molar-refractivity contribution >= 4 is 23.3 Å². The number of benzene rings is 1. The summed E-state index contributed by atoms with van der Waals surface area (Å²) in [5.41, 5.74) is 5.25. The fourth-order valence-electron chi connectivity index (χ4n) is 1.23. The summed E-state index contributed by atoms with van der Waals surface area (Å²) < 4.78 is 45.2. The molecular weight excluding hydrogens is 287 g/mol. The van der Waals surface area contributed by atoms with Crippen molar-refractivity contribution in [1.82, 2.24) is 0 Å². The Morgan fingerprint density at radius 3 is 2.58 bits per heavy atom. The van der Waals surface area contributed by atoms with Crippen LogP contribution in [0.3, 0.4) is 0 Å². The van der Waals surface area contributed by atoms with E-state index in [0.717, 1.165) is 6.07 Å². The van der Waals surface area contributed by atoms with E-state index in [9.17, 15) is 18.0 Å². The van der Waals surface area contributed by atoms with Crippen LogP contribution < -0.4 is 10.5 Å². The number of alkyl halides is 3. The number of anilines is 1. The predicted molar refractivity (Wildman–Crippen MR) is 63.4 cm³/mol. The average molecular weight is 298 g/mol. The van der Waals surface area contributed by atoms with Gasteiger partial charge in [0.25, 0.3) is 0 Å². The number of carbonyl (C=O) groups is 1. The van der Waals surface area contributed by atoms with E-state index < -0.39 is 18.8 Å². The van der Waals surface area contributed by atoms with Crippen LogP contribution in [0.15, 0.2) is 12.1 Å². The zero-order valence-corrected chi connectivity index (χ0v) is 10.6. The minimum absolute atomic E-state index is 0.0274. The number of hydrogen-bond acceptors (Lipinski definition) is 4. The van der Waals surface area contributed by atoms with Gasteiger partial charge < -0.3 is 15.2 Å². The third kappa shape index (κ3) is 4.20. The van der Waals surface area contributed by atoms with Gasteiger partial charge in [-0.1, -0.05) is 11.6 Å². The Kier molecular flexibility index (Phi) is 4.88. The molecule has 2 N–H and O–H groups in total. The van der Waals surface area contributed by atoms with Gasteiger partial charge in [0, 0.05) is 0 Å². The Morgan fingerprint density at radius 1 is 1.42 bits per heavy atom. The number of nitrogens with two attached hydrogens (primary N) is 1. The van der Waals surface area contributed by atoms with Gasteiger partial charge in [-0.2, -0.15) is 13.2 Å². The number of ether oxygens (including phenoxy) is 2. The Bertz CT molecular complexity index is 477. The molecule has 0 aliphatic rings. The molecule has 106 valence electrons. The van der Waals surface area contributed by atoms with E-state index in [0.29, 0.717) is 0 Å². The summed E-state index contributed by atoms with van der Waals surface area (Å²) in [6.07, 6.45) is -4.49. The fourth-order valence-corrected chi connectivity index (χ4v) is 1.46. The van der Waals surface area contributed by atoms with Crippen molar-refractivity contribution in [3.8, 4) is 5.75 Å². The zero-order valence-electron chi connectivity index (χ0n) is 9.88. The van der Waals surface area contributed by atoms with Gasteiger partial charge in [0.2, 0.25) is 0 Å². The van der Waals surface area contributed by atoms with Crippen LogP contribution in [0.4, 0.5) is 18.9 Å². The highest BCUT2D eigenvalue weighted by Gasteiger charge is 2.29. The largest absolute Gasteiger partial charge is 0.482 e. The molecule has 4 nitrogen and oxygen atoms in total. The Hall–Kier alpha value is -1.63. The van der Waals surface area contributed by atoms with Gasteiger partial charge in [-0.3, -0.25) is 0 Å². The minimum Gasteiger partial charge on any atom is -0.482 e. The number of nitrogen functional groups attached to an aromatic ring is 1. The van der Waals surface area contributed by atoms with E-state index in [-0.39, 0.29) is 28.6 Å². The number of esters is 1. The monoisotopic (exact) mass is 297 g/mol. The first kappa shape index (κ1) is 15.4. The molecular formula is C11H11ClF3NO3. The maximum absolute atomic E-state index is 12.0. The molecule has 0 aliphatic carbocycles. The normalized spacial score (nSPS) is 11.2. The van der Waals surface area contributed by atoms with Gasteiger partial charge in [0.1, 0.15) is 5.75 Å². The molecule has 0 amide bonds. The molecule has 0 aromatic heterocycles. The van der Waals surface area contributed by atoms with Gasteiger partial charge in [-0.05, 0) is 19.1 Å². The second kappa shape index (κ2) is 6.01. The molecule has 0 atom stereocenters. The predicted octanol–water partition coefficient (Wildman–Crippen LogP) is 3.04. The van der Waals surface area contributed by atoms with Crippen molar-refractivity contribution in [3.63, 3.8) is 0 Å². The molecule has 0 heterocycles. The fraction of sp³-hybridized carbons (Fsp3) is 0.364. The number of halogens is 4. The molecule has 0 unspecified atom stereocenters. The van der Waals surface area contributed by atoms with Gasteiger partial charge >= 0.3 is 12.1 Å². The lowest BCUT2D eigenvalue weighted by Crippen LogP contribution is -2.20. The van der Waals surface area contributed by atoms with E-state index >= 15 is 0 Å². The molecule has 8 heteroatoms. The van der Waals surface area contributed by atoms with Crippen LogP contribution in [0.25, 0.3) is 0 Å². The first-order valence-corrected chi connectivity index (χ1v) is 5.58. The number of carbonyl (C=O) groups excluding carboxylic acids is 1. The van der Waals surface area contributed by atoms with E-state index in [2.05, 4.69) is 4.74 Å². The van der Waals surface area contributed by atoms with E-state index in [1.807, 2.05) is 0 Å². The van der Waals surface area contributed by atoms with Crippen molar-refractivity contribution < 1.29 is 27.4 Å². The summed E-state index contributed by atoms with van der Waals surface area (Å²) >= 11 is 5.79. The lowest BCUT2D eigenvalue weighted by molar-refractivity contribution is -0.153. The van der Waals surface area contributed by atoms with Gasteiger partial charge in [-0.25, -0.2) is 4.79 Å². The zero-order chi connectivity index (χ0) is 14.6. The molecule has 0 aliphatic heterocycles. The summed E-state index contributed by atoms with van der Waals surface area (Å²) in [5.74, 6) is -0.947. The van der Waals surface area contributed by atoms with Gasteiger partial charge in [-0.15, -0.1) is 0 Å². The van der Waals surface area contributed by atoms with Crippen LogP contribution >= 0.6 is 11.6 Å². The number of hydrogen-bond donors (Lipinski definition) is 1. The maximum atomic E-state index is 12.0. The highest BCUT2D eigenvalue weighted by Crippen LogP contribution is 2.33. The topological polar surface area (TPSA) is 61.5 Å². The molecule has 19 heavy (non-hydrogen) atoms. The molecule has 0 spiro atoms. The summed E-state index contributed by atoms with van der Waals surface area (Å²) in [4.78, 5) is 11.5. The Labute approximate surface area is 112 Å². The van der Waals surface area contributed by atoms with Gasteiger partial charge in [0.15, 0.2) is 6.61 Å². The first-order valence-electron chi connectivity index (χ1n) is 5.21. The van der Waals surface area contributed by atoms with Crippen LogP contribution in [0.1, 0.15) is 17.3 Å². The second-order valence-corrected chi connectivity index (χ2v) is 3.84. The molecule has 1 aromatic carbocycles. The first-order chi connectivity index (χ1) is 8.76. The maximum Gasteiger partial charge on any atom is 0.422 e. The van der Waals surface area contributed by atoms with Gasteiger partial charge in [0.05, 0.1) is 22.9 Å². The van der Waals surface area contributed by atoms with Crippen LogP contribution in [0.2, 0.25) is 5.02 Å².